The number of amides is 2. The second-order valence-electron chi connectivity index (χ2n) is 9.04. The average Bonchev–Trinajstić information content (AvgIpc) is 2.71. The average molecular weight is 511 g/mol. The maximum Gasteiger partial charge on any atom is 0.339 e. The number of nitrogens with zero attached hydrogens (tertiary/aromatic N) is 1. The van der Waals surface area contributed by atoms with Crippen molar-refractivity contribution in [3.8, 4) is 5.75 Å². The Bertz CT molecular complexity index is 1110. The van der Waals surface area contributed by atoms with Crippen molar-refractivity contribution < 1.29 is 26.9 Å². The minimum Gasteiger partial charge on any atom is -0.383 e. The zero-order chi connectivity index (χ0) is 25.5. The van der Waals surface area contributed by atoms with Crippen molar-refractivity contribution in [3.05, 3.63) is 53.1 Å². The van der Waals surface area contributed by atoms with Gasteiger partial charge < -0.3 is 19.1 Å². The number of carbonyl (C=O) groups is 2. The Morgan fingerprint density at radius 1 is 1.09 bits per heavy atom. The summed E-state index contributed by atoms with van der Waals surface area (Å²) in [5.74, 6) is -0.287. The number of nitrogens with one attached hydrogen (secondary N) is 1. The van der Waals surface area contributed by atoms with E-state index in [1.165, 1.54) is 43.3 Å². The van der Waals surface area contributed by atoms with Gasteiger partial charge in [0.15, 0.2) is 0 Å². The van der Waals surface area contributed by atoms with Crippen LogP contribution >= 0.6 is 11.6 Å². The van der Waals surface area contributed by atoms with Gasteiger partial charge in [0.1, 0.15) is 10.6 Å². The molecule has 0 radical (unpaired) electrons. The summed E-state index contributed by atoms with van der Waals surface area (Å²) >= 11 is 6.17. The summed E-state index contributed by atoms with van der Waals surface area (Å²) in [7, 11) is -2.63. The van der Waals surface area contributed by atoms with E-state index < -0.39 is 10.1 Å². The standard InChI is InChI=1S/C24H31ClN2O6S/c1-17(28)26-20-7-9-21(10-8-20)34(30,31)33-22-11-6-19(25)14-18(22)16-27(12-13-32-5)23(29)15-24(2,3)4/h6-11,14H,12-13,15-16H2,1-5H3,(H,26,28). The molecule has 34 heavy (non-hydrogen) atoms. The van der Waals surface area contributed by atoms with Crippen molar-refractivity contribution in [1.82, 2.24) is 4.90 Å². The van der Waals surface area contributed by atoms with Crippen LogP contribution in [-0.4, -0.2) is 45.4 Å². The number of methoxy groups -OCH3 is 1. The third-order valence-electron chi connectivity index (χ3n) is 4.65. The molecule has 2 aromatic carbocycles. The molecule has 0 bridgehead atoms. The first kappa shape index (κ1) is 27.6. The molecule has 2 rings (SSSR count). The quantitative estimate of drug-likeness (QED) is 0.473. The molecular weight excluding hydrogens is 480 g/mol. The van der Waals surface area contributed by atoms with Gasteiger partial charge in [-0.3, -0.25) is 9.59 Å². The lowest BCUT2D eigenvalue weighted by molar-refractivity contribution is -0.134. The number of anilines is 1. The van der Waals surface area contributed by atoms with E-state index in [1.54, 1.807) is 18.1 Å². The minimum atomic E-state index is -4.18. The Labute approximate surface area is 206 Å². The van der Waals surface area contributed by atoms with Crippen molar-refractivity contribution in [2.45, 2.75) is 45.6 Å². The van der Waals surface area contributed by atoms with E-state index in [0.717, 1.165) is 0 Å². The first-order chi connectivity index (χ1) is 15.8. The second kappa shape index (κ2) is 11.7. The largest absolute Gasteiger partial charge is 0.383 e. The lowest BCUT2D eigenvalue weighted by Crippen LogP contribution is -2.35. The molecule has 2 aromatic rings. The van der Waals surface area contributed by atoms with Gasteiger partial charge in [-0.1, -0.05) is 32.4 Å². The molecule has 0 unspecified atom stereocenters. The molecule has 0 spiro atoms. The highest BCUT2D eigenvalue weighted by atomic mass is 35.5. The zero-order valence-corrected chi connectivity index (χ0v) is 21.6. The van der Waals surface area contributed by atoms with Crippen molar-refractivity contribution in [3.63, 3.8) is 0 Å². The highest BCUT2D eigenvalue weighted by Crippen LogP contribution is 2.29. The first-order valence-corrected chi connectivity index (χ1v) is 12.5. The van der Waals surface area contributed by atoms with Crippen LogP contribution in [0.1, 0.15) is 39.7 Å². The molecule has 10 heteroatoms. The third kappa shape index (κ3) is 8.62. The fraction of sp³-hybridized carbons (Fsp3) is 0.417. The van der Waals surface area contributed by atoms with E-state index in [1.807, 2.05) is 20.8 Å². The third-order valence-corrected chi connectivity index (χ3v) is 6.13. The number of hydrogen-bond donors (Lipinski definition) is 1. The van der Waals surface area contributed by atoms with E-state index in [2.05, 4.69) is 5.32 Å². The lowest BCUT2D eigenvalue weighted by atomic mass is 9.91. The number of ether oxygens (including phenoxy) is 1. The van der Waals surface area contributed by atoms with Gasteiger partial charge in [-0.2, -0.15) is 8.42 Å². The summed E-state index contributed by atoms with van der Waals surface area (Å²) in [5, 5.41) is 2.96. The molecule has 0 aromatic heterocycles. The van der Waals surface area contributed by atoms with Crippen LogP contribution in [0.4, 0.5) is 5.69 Å². The minimum absolute atomic E-state index is 0.0707. The lowest BCUT2D eigenvalue weighted by Gasteiger charge is -2.27. The van der Waals surface area contributed by atoms with E-state index in [0.29, 0.717) is 35.8 Å². The molecule has 1 N–H and O–H groups in total. The van der Waals surface area contributed by atoms with Gasteiger partial charge in [-0.05, 0) is 47.9 Å². The Morgan fingerprint density at radius 2 is 1.74 bits per heavy atom. The molecule has 0 saturated carbocycles. The van der Waals surface area contributed by atoms with Crippen LogP contribution in [0, 0.1) is 5.41 Å². The van der Waals surface area contributed by atoms with Gasteiger partial charge in [-0.25, -0.2) is 0 Å². The number of hydrogen-bond acceptors (Lipinski definition) is 6. The van der Waals surface area contributed by atoms with Gasteiger partial charge in [0.2, 0.25) is 11.8 Å². The zero-order valence-electron chi connectivity index (χ0n) is 20.1. The van der Waals surface area contributed by atoms with Crippen LogP contribution in [0.15, 0.2) is 47.4 Å². The van der Waals surface area contributed by atoms with Gasteiger partial charge in [-0.15, -0.1) is 0 Å². The van der Waals surface area contributed by atoms with Crippen LogP contribution in [0.5, 0.6) is 5.75 Å². The topological polar surface area (TPSA) is 102 Å². The van der Waals surface area contributed by atoms with Crippen LogP contribution in [0.2, 0.25) is 5.02 Å². The fourth-order valence-electron chi connectivity index (χ4n) is 3.09. The summed E-state index contributed by atoms with van der Waals surface area (Å²) in [5.41, 5.74) is 0.692. The van der Waals surface area contributed by atoms with Crippen LogP contribution < -0.4 is 9.50 Å². The predicted molar refractivity (Wildman–Crippen MR) is 131 cm³/mol. The molecule has 186 valence electrons. The molecule has 0 heterocycles. The summed E-state index contributed by atoms with van der Waals surface area (Å²) in [6, 6.07) is 10.2. The smallest absolute Gasteiger partial charge is 0.339 e. The highest BCUT2D eigenvalue weighted by molar-refractivity contribution is 7.87. The number of carbonyl (C=O) groups excluding carboxylic acids is 2. The summed E-state index contributed by atoms with van der Waals surface area (Å²) in [6.07, 6.45) is 0.312. The second-order valence-corrected chi connectivity index (χ2v) is 11.0. The van der Waals surface area contributed by atoms with E-state index in [4.69, 9.17) is 20.5 Å². The SMILES string of the molecule is COCCN(Cc1cc(Cl)ccc1OS(=O)(=O)c1ccc(NC(C)=O)cc1)C(=O)CC(C)(C)C. The molecule has 0 saturated heterocycles. The molecule has 0 atom stereocenters. The summed E-state index contributed by atoms with van der Waals surface area (Å²) in [4.78, 5) is 25.6. The van der Waals surface area contributed by atoms with Crippen molar-refractivity contribution in [2.75, 3.05) is 25.6 Å². The number of halogens is 1. The van der Waals surface area contributed by atoms with Crippen molar-refractivity contribution >= 4 is 39.2 Å². The molecule has 0 aliphatic rings. The van der Waals surface area contributed by atoms with Crippen molar-refractivity contribution in [2.24, 2.45) is 5.41 Å². The van der Waals surface area contributed by atoms with Crippen LogP contribution in [-0.2, 0) is 31.0 Å². The Morgan fingerprint density at radius 3 is 2.29 bits per heavy atom. The van der Waals surface area contributed by atoms with E-state index in [-0.39, 0.29) is 34.4 Å². The summed E-state index contributed by atoms with van der Waals surface area (Å²) < 4.78 is 36.4. The highest BCUT2D eigenvalue weighted by Gasteiger charge is 2.24. The number of rotatable bonds is 10. The molecular formula is C24H31ClN2O6S. The van der Waals surface area contributed by atoms with E-state index in [9.17, 15) is 18.0 Å². The van der Waals surface area contributed by atoms with Gasteiger partial charge >= 0.3 is 10.1 Å². The van der Waals surface area contributed by atoms with Gasteiger partial charge in [0.25, 0.3) is 0 Å². The molecule has 0 aliphatic heterocycles. The fourth-order valence-corrected chi connectivity index (χ4v) is 4.25. The maximum absolute atomic E-state index is 12.9. The predicted octanol–water partition coefficient (Wildman–Crippen LogP) is 4.48. The van der Waals surface area contributed by atoms with Crippen LogP contribution in [0.25, 0.3) is 0 Å². The summed E-state index contributed by atoms with van der Waals surface area (Å²) in [6.45, 7) is 8.02. The maximum atomic E-state index is 12.9. The van der Waals surface area contributed by atoms with Gasteiger partial charge in [0.05, 0.1) is 6.61 Å². The van der Waals surface area contributed by atoms with E-state index >= 15 is 0 Å². The molecule has 0 fully saturated rings. The van der Waals surface area contributed by atoms with Crippen molar-refractivity contribution in [1.29, 1.82) is 0 Å². The normalized spacial score (nSPS) is 11.7. The van der Waals surface area contributed by atoms with Crippen LogP contribution in [0.3, 0.4) is 0 Å². The number of benzene rings is 2. The molecule has 0 aliphatic carbocycles. The Kier molecular flexibility index (Phi) is 9.49. The van der Waals surface area contributed by atoms with Gasteiger partial charge in [0, 0.05) is 49.8 Å². The Balaban J connectivity index is 2.31. The molecule has 8 nitrogen and oxygen atoms in total. The monoisotopic (exact) mass is 510 g/mol. The molecule has 2 amide bonds. The first-order valence-electron chi connectivity index (χ1n) is 10.7. The Hall–Kier alpha value is -2.62.